The van der Waals surface area contributed by atoms with Gasteiger partial charge in [-0.3, -0.25) is 4.79 Å². The Morgan fingerprint density at radius 2 is 1.89 bits per heavy atom. The SMILES string of the molecule is [C-]#[N+]c1ccc(CC(=O)[C@@](C)(O)Cn2ccc(-c3ccccc3)c2)cc1C. The topological polar surface area (TPSA) is 46.6 Å². The van der Waals surface area contributed by atoms with Crippen molar-refractivity contribution in [2.75, 3.05) is 0 Å². The molecule has 0 aliphatic heterocycles. The van der Waals surface area contributed by atoms with E-state index in [0.717, 1.165) is 22.3 Å². The summed E-state index contributed by atoms with van der Waals surface area (Å²) in [7, 11) is 0. The number of aliphatic hydroxyl groups is 1. The van der Waals surface area contributed by atoms with Crippen LogP contribution in [0.15, 0.2) is 67.0 Å². The third-order valence-corrected chi connectivity index (χ3v) is 4.70. The first-order valence-corrected chi connectivity index (χ1v) is 8.83. The highest BCUT2D eigenvalue weighted by Gasteiger charge is 2.30. The first-order valence-electron chi connectivity index (χ1n) is 8.83. The molecule has 136 valence electrons. The van der Waals surface area contributed by atoms with E-state index in [9.17, 15) is 9.90 Å². The van der Waals surface area contributed by atoms with Crippen LogP contribution in [-0.2, 0) is 17.8 Å². The fraction of sp³-hybridized carbons (Fsp3) is 0.217. The maximum Gasteiger partial charge on any atom is 0.190 e. The number of rotatable bonds is 6. The minimum atomic E-state index is -1.47. The minimum Gasteiger partial charge on any atom is -0.380 e. The number of aryl methyl sites for hydroxylation is 1. The molecule has 3 rings (SSSR count). The Morgan fingerprint density at radius 3 is 2.56 bits per heavy atom. The van der Waals surface area contributed by atoms with Crippen LogP contribution in [0, 0.1) is 13.5 Å². The second-order valence-corrected chi connectivity index (χ2v) is 7.04. The van der Waals surface area contributed by atoms with Gasteiger partial charge in [0.2, 0.25) is 0 Å². The zero-order valence-corrected chi connectivity index (χ0v) is 15.5. The lowest BCUT2D eigenvalue weighted by Gasteiger charge is -2.22. The van der Waals surface area contributed by atoms with Gasteiger partial charge in [0, 0.05) is 18.8 Å². The second-order valence-electron chi connectivity index (χ2n) is 7.04. The molecule has 0 amide bonds. The van der Waals surface area contributed by atoms with Crippen LogP contribution >= 0.6 is 0 Å². The predicted molar refractivity (Wildman–Crippen MR) is 107 cm³/mol. The van der Waals surface area contributed by atoms with Gasteiger partial charge in [-0.2, -0.15) is 0 Å². The summed E-state index contributed by atoms with van der Waals surface area (Å²) in [5, 5.41) is 10.7. The van der Waals surface area contributed by atoms with Gasteiger partial charge in [0.1, 0.15) is 5.60 Å². The standard InChI is InChI=1S/C23H22N2O2/c1-17-13-18(9-10-21(17)24-3)14-22(26)23(2,27)16-25-12-11-20(15-25)19-7-5-4-6-8-19/h4-13,15,27H,14,16H2,1-2H3/t23-/m0/s1. The molecular weight excluding hydrogens is 336 g/mol. The summed E-state index contributed by atoms with van der Waals surface area (Å²) in [6, 6.07) is 17.3. The number of ketones is 1. The Bertz CT molecular complexity index is 995. The van der Waals surface area contributed by atoms with Crippen molar-refractivity contribution in [1.29, 1.82) is 0 Å². The molecule has 0 fully saturated rings. The molecule has 2 aromatic carbocycles. The van der Waals surface area contributed by atoms with E-state index < -0.39 is 5.60 Å². The fourth-order valence-corrected chi connectivity index (χ4v) is 3.11. The number of hydrogen-bond donors (Lipinski definition) is 1. The van der Waals surface area contributed by atoms with E-state index in [-0.39, 0.29) is 18.7 Å². The zero-order chi connectivity index (χ0) is 19.4. The molecule has 4 heteroatoms. The maximum absolute atomic E-state index is 12.7. The molecule has 0 bridgehead atoms. The molecule has 0 aliphatic rings. The quantitative estimate of drug-likeness (QED) is 0.656. The van der Waals surface area contributed by atoms with Gasteiger partial charge in [0.25, 0.3) is 0 Å². The van der Waals surface area contributed by atoms with Crippen molar-refractivity contribution in [2.45, 2.75) is 32.4 Å². The molecule has 1 N–H and O–H groups in total. The summed E-state index contributed by atoms with van der Waals surface area (Å²) >= 11 is 0. The summed E-state index contributed by atoms with van der Waals surface area (Å²) < 4.78 is 1.84. The summed E-state index contributed by atoms with van der Waals surface area (Å²) in [6.07, 6.45) is 3.95. The lowest BCUT2D eigenvalue weighted by atomic mass is 9.94. The summed E-state index contributed by atoms with van der Waals surface area (Å²) in [5.74, 6) is -0.243. The number of carbonyl (C=O) groups excluding carboxylic acids is 1. The van der Waals surface area contributed by atoms with E-state index in [2.05, 4.69) is 4.85 Å². The Kier molecular flexibility index (Phi) is 5.25. The van der Waals surface area contributed by atoms with Gasteiger partial charge < -0.3 is 9.67 Å². The van der Waals surface area contributed by atoms with Gasteiger partial charge in [-0.15, -0.1) is 0 Å². The molecule has 27 heavy (non-hydrogen) atoms. The Labute approximate surface area is 159 Å². The van der Waals surface area contributed by atoms with Crippen LogP contribution in [0.3, 0.4) is 0 Å². The van der Waals surface area contributed by atoms with E-state index >= 15 is 0 Å². The van der Waals surface area contributed by atoms with Crippen LogP contribution in [-0.4, -0.2) is 21.1 Å². The van der Waals surface area contributed by atoms with Crippen LogP contribution < -0.4 is 0 Å². The average molecular weight is 358 g/mol. The summed E-state index contributed by atoms with van der Waals surface area (Å²) in [6.45, 7) is 10.7. The molecule has 1 aromatic heterocycles. The monoisotopic (exact) mass is 358 g/mol. The lowest BCUT2D eigenvalue weighted by Crippen LogP contribution is -2.40. The van der Waals surface area contributed by atoms with E-state index in [1.165, 1.54) is 0 Å². The number of carbonyl (C=O) groups is 1. The fourth-order valence-electron chi connectivity index (χ4n) is 3.11. The van der Waals surface area contributed by atoms with Crippen LogP contribution in [0.4, 0.5) is 5.69 Å². The number of hydrogen-bond acceptors (Lipinski definition) is 2. The van der Waals surface area contributed by atoms with Crippen molar-refractivity contribution in [2.24, 2.45) is 0 Å². The molecule has 3 aromatic rings. The molecule has 1 atom stereocenters. The highest BCUT2D eigenvalue weighted by Crippen LogP contribution is 2.23. The van der Waals surface area contributed by atoms with Crippen LogP contribution in [0.5, 0.6) is 0 Å². The Hall–Kier alpha value is -3.16. The van der Waals surface area contributed by atoms with Gasteiger partial charge in [0.05, 0.1) is 13.1 Å². The first kappa shape index (κ1) is 18.6. The van der Waals surface area contributed by atoms with E-state index in [1.54, 1.807) is 19.1 Å². The van der Waals surface area contributed by atoms with Gasteiger partial charge in [-0.25, -0.2) is 4.85 Å². The average Bonchev–Trinajstić information content (AvgIpc) is 3.10. The van der Waals surface area contributed by atoms with Crippen molar-refractivity contribution in [3.63, 3.8) is 0 Å². The third-order valence-electron chi connectivity index (χ3n) is 4.70. The van der Waals surface area contributed by atoms with E-state index in [0.29, 0.717) is 5.69 Å². The molecule has 0 unspecified atom stereocenters. The second kappa shape index (κ2) is 7.61. The number of Topliss-reactive ketones (excluding diaryl/α,β-unsaturated/α-hetero) is 1. The zero-order valence-electron chi connectivity index (χ0n) is 15.5. The normalized spacial score (nSPS) is 13.0. The molecule has 1 heterocycles. The van der Waals surface area contributed by atoms with Crippen molar-refractivity contribution in [1.82, 2.24) is 4.57 Å². The smallest absolute Gasteiger partial charge is 0.190 e. The number of nitrogens with zero attached hydrogens (tertiary/aromatic N) is 2. The largest absolute Gasteiger partial charge is 0.380 e. The van der Waals surface area contributed by atoms with Crippen molar-refractivity contribution >= 4 is 11.5 Å². The Balaban J connectivity index is 1.71. The third kappa shape index (κ3) is 4.33. The minimum absolute atomic E-state index is 0.138. The summed E-state index contributed by atoms with van der Waals surface area (Å²) in [4.78, 5) is 16.1. The molecule has 0 saturated heterocycles. The molecule has 0 radical (unpaired) electrons. The van der Waals surface area contributed by atoms with Gasteiger partial charge in [-0.05, 0) is 42.2 Å². The number of aromatic nitrogens is 1. The Morgan fingerprint density at radius 1 is 1.15 bits per heavy atom. The van der Waals surface area contributed by atoms with E-state index in [4.69, 9.17) is 6.57 Å². The van der Waals surface area contributed by atoms with Crippen LogP contribution in [0.2, 0.25) is 0 Å². The highest BCUT2D eigenvalue weighted by atomic mass is 16.3. The summed E-state index contributed by atoms with van der Waals surface area (Å²) in [5.41, 5.74) is 2.90. The van der Waals surface area contributed by atoms with Crippen molar-refractivity contribution in [3.05, 3.63) is 89.5 Å². The first-order chi connectivity index (χ1) is 12.9. The predicted octanol–water partition coefficient (Wildman–Crippen LogP) is 4.58. The lowest BCUT2D eigenvalue weighted by molar-refractivity contribution is -0.136. The molecular formula is C23H22N2O2. The molecule has 0 spiro atoms. The number of benzene rings is 2. The van der Waals surface area contributed by atoms with Crippen LogP contribution in [0.1, 0.15) is 18.1 Å². The van der Waals surface area contributed by atoms with Crippen LogP contribution in [0.25, 0.3) is 16.0 Å². The van der Waals surface area contributed by atoms with Crippen molar-refractivity contribution in [3.8, 4) is 11.1 Å². The molecule has 4 nitrogen and oxygen atoms in total. The van der Waals surface area contributed by atoms with E-state index in [1.807, 2.05) is 66.3 Å². The van der Waals surface area contributed by atoms with Crippen molar-refractivity contribution < 1.29 is 9.90 Å². The molecule has 0 aliphatic carbocycles. The highest BCUT2D eigenvalue weighted by molar-refractivity contribution is 5.88. The van der Waals surface area contributed by atoms with Gasteiger partial charge >= 0.3 is 0 Å². The van der Waals surface area contributed by atoms with Gasteiger partial charge in [-0.1, -0.05) is 48.5 Å². The van der Waals surface area contributed by atoms with Gasteiger partial charge in [0.15, 0.2) is 11.5 Å². The molecule has 0 saturated carbocycles. The maximum atomic E-state index is 12.7.